The van der Waals surface area contributed by atoms with Crippen LogP contribution < -0.4 is 9.47 Å². The van der Waals surface area contributed by atoms with Gasteiger partial charge in [0.2, 0.25) is 6.79 Å². The predicted molar refractivity (Wildman–Crippen MR) is 72.3 cm³/mol. The molecule has 0 aromatic heterocycles. The fourth-order valence-corrected chi connectivity index (χ4v) is 1.75. The monoisotopic (exact) mass is 278 g/mol. The van der Waals surface area contributed by atoms with Crippen LogP contribution in [0.1, 0.15) is 25.5 Å². The van der Waals surface area contributed by atoms with Crippen molar-refractivity contribution in [1.29, 1.82) is 0 Å². The van der Waals surface area contributed by atoms with Gasteiger partial charge < -0.3 is 24.1 Å². The first-order valence-corrected chi connectivity index (χ1v) is 6.50. The van der Waals surface area contributed by atoms with E-state index >= 15 is 0 Å². The van der Waals surface area contributed by atoms with Gasteiger partial charge in [0.1, 0.15) is 12.7 Å². The van der Waals surface area contributed by atoms with Crippen LogP contribution in [0.15, 0.2) is 18.2 Å². The Bertz CT molecular complexity index is 503. The fraction of sp³-hybridized carbons (Fsp3) is 0.467. The Labute approximate surface area is 118 Å². The second kappa shape index (κ2) is 7.15. The Morgan fingerprint density at radius 2 is 2.10 bits per heavy atom. The maximum absolute atomic E-state index is 9.96. The van der Waals surface area contributed by atoms with Gasteiger partial charge in [-0.1, -0.05) is 17.9 Å². The number of rotatable bonds is 5. The van der Waals surface area contributed by atoms with Crippen LogP contribution in [-0.4, -0.2) is 31.4 Å². The Morgan fingerprint density at radius 1 is 1.30 bits per heavy atom. The minimum Gasteiger partial charge on any atom is -0.454 e. The molecule has 0 saturated heterocycles. The first kappa shape index (κ1) is 14.7. The number of hydrogen-bond donors (Lipinski definition) is 1. The van der Waals surface area contributed by atoms with Crippen molar-refractivity contribution in [2.24, 2.45) is 0 Å². The van der Waals surface area contributed by atoms with Crippen LogP contribution in [0, 0.1) is 11.8 Å². The highest BCUT2D eigenvalue weighted by Gasteiger charge is 2.15. The van der Waals surface area contributed by atoms with Crippen LogP contribution in [-0.2, 0) is 9.47 Å². The second-order valence-electron chi connectivity index (χ2n) is 4.17. The molecular weight excluding hydrogens is 260 g/mol. The molecule has 1 heterocycles. The van der Waals surface area contributed by atoms with Gasteiger partial charge in [-0.25, -0.2) is 0 Å². The van der Waals surface area contributed by atoms with E-state index < -0.39 is 6.10 Å². The third-order valence-electron chi connectivity index (χ3n) is 2.74. The zero-order chi connectivity index (χ0) is 14.4. The quantitative estimate of drug-likeness (QED) is 0.658. The summed E-state index contributed by atoms with van der Waals surface area (Å²) in [5, 5.41) is 9.96. The first-order valence-electron chi connectivity index (χ1n) is 6.50. The molecule has 0 radical (unpaired) electrons. The van der Waals surface area contributed by atoms with Crippen molar-refractivity contribution >= 4 is 0 Å². The summed E-state index contributed by atoms with van der Waals surface area (Å²) in [6.45, 7) is 4.72. The summed E-state index contributed by atoms with van der Waals surface area (Å²) in [7, 11) is 0. The lowest BCUT2D eigenvalue weighted by atomic mass is 10.1. The van der Waals surface area contributed by atoms with Gasteiger partial charge in [-0.2, -0.15) is 0 Å². The molecule has 1 aliphatic heterocycles. The smallest absolute Gasteiger partial charge is 0.231 e. The summed E-state index contributed by atoms with van der Waals surface area (Å²) in [5.74, 6) is 6.79. The SMILES string of the molecule is CCOC(C)OCC#CC(O)c1ccc2c(c1)OCO2. The van der Waals surface area contributed by atoms with E-state index in [1.54, 1.807) is 25.1 Å². The lowest BCUT2D eigenvalue weighted by Gasteiger charge is -2.09. The maximum atomic E-state index is 9.96. The molecule has 0 amide bonds. The van der Waals surface area contributed by atoms with Crippen molar-refractivity contribution in [2.45, 2.75) is 26.2 Å². The molecule has 2 rings (SSSR count). The molecule has 1 N–H and O–H groups in total. The van der Waals surface area contributed by atoms with E-state index in [0.29, 0.717) is 23.7 Å². The van der Waals surface area contributed by atoms with Crippen LogP contribution in [0.4, 0.5) is 0 Å². The van der Waals surface area contributed by atoms with Crippen LogP contribution in [0.25, 0.3) is 0 Å². The standard InChI is InChI=1S/C15H18O5/c1-3-17-11(2)18-8-4-5-13(16)12-6-7-14-15(9-12)20-10-19-14/h6-7,9,11,13,16H,3,8,10H2,1-2H3. The molecule has 108 valence electrons. The second-order valence-corrected chi connectivity index (χ2v) is 4.17. The van der Waals surface area contributed by atoms with E-state index in [0.717, 1.165) is 0 Å². The Morgan fingerprint density at radius 3 is 2.90 bits per heavy atom. The molecule has 0 aliphatic carbocycles. The average Bonchev–Trinajstić information content (AvgIpc) is 2.91. The van der Waals surface area contributed by atoms with Crippen molar-refractivity contribution in [3.63, 3.8) is 0 Å². The van der Waals surface area contributed by atoms with Crippen LogP contribution in [0.2, 0.25) is 0 Å². The van der Waals surface area contributed by atoms with Gasteiger partial charge in [-0.15, -0.1) is 0 Å². The van der Waals surface area contributed by atoms with Gasteiger partial charge in [0.05, 0.1) is 0 Å². The third kappa shape index (κ3) is 3.87. The van der Waals surface area contributed by atoms with E-state index in [1.807, 2.05) is 6.92 Å². The third-order valence-corrected chi connectivity index (χ3v) is 2.74. The molecule has 0 saturated carbocycles. The van der Waals surface area contributed by atoms with Crippen LogP contribution in [0.3, 0.4) is 0 Å². The van der Waals surface area contributed by atoms with E-state index in [-0.39, 0.29) is 19.7 Å². The highest BCUT2D eigenvalue weighted by Crippen LogP contribution is 2.33. The summed E-state index contributed by atoms with van der Waals surface area (Å²) < 4.78 is 20.9. The fourth-order valence-electron chi connectivity index (χ4n) is 1.75. The molecule has 0 bridgehead atoms. The van der Waals surface area contributed by atoms with E-state index in [4.69, 9.17) is 18.9 Å². The molecule has 1 aliphatic rings. The maximum Gasteiger partial charge on any atom is 0.231 e. The van der Waals surface area contributed by atoms with E-state index in [9.17, 15) is 5.11 Å². The average molecular weight is 278 g/mol. The van der Waals surface area contributed by atoms with Gasteiger partial charge in [0.25, 0.3) is 0 Å². The lowest BCUT2D eigenvalue weighted by molar-refractivity contribution is -0.117. The van der Waals surface area contributed by atoms with E-state index in [2.05, 4.69) is 11.8 Å². The molecule has 1 aromatic carbocycles. The zero-order valence-corrected chi connectivity index (χ0v) is 11.6. The Hall–Kier alpha value is -1.74. The van der Waals surface area contributed by atoms with E-state index in [1.165, 1.54) is 0 Å². The van der Waals surface area contributed by atoms with Gasteiger partial charge in [0.15, 0.2) is 17.8 Å². The van der Waals surface area contributed by atoms with Crippen molar-refractivity contribution < 1.29 is 24.1 Å². The molecule has 0 fully saturated rings. The Kier molecular flexibility index (Phi) is 5.24. The number of fused-ring (bicyclic) bond motifs is 1. The summed E-state index contributed by atoms with van der Waals surface area (Å²) in [6, 6.07) is 5.25. The molecule has 5 nitrogen and oxygen atoms in total. The normalized spacial score (nSPS) is 15.3. The molecule has 1 aromatic rings. The summed E-state index contributed by atoms with van der Waals surface area (Å²) in [5.41, 5.74) is 0.666. The van der Waals surface area contributed by atoms with Crippen LogP contribution in [0.5, 0.6) is 11.5 Å². The molecule has 0 spiro atoms. The number of aliphatic hydroxyl groups is 1. The number of ether oxygens (including phenoxy) is 4. The van der Waals surface area contributed by atoms with Crippen LogP contribution >= 0.6 is 0 Å². The zero-order valence-electron chi connectivity index (χ0n) is 11.6. The van der Waals surface area contributed by atoms with Gasteiger partial charge >= 0.3 is 0 Å². The highest BCUT2D eigenvalue weighted by molar-refractivity contribution is 5.46. The van der Waals surface area contributed by atoms with Gasteiger partial charge in [-0.3, -0.25) is 0 Å². The molecular formula is C15H18O5. The lowest BCUT2D eigenvalue weighted by Crippen LogP contribution is -2.12. The van der Waals surface area contributed by atoms with Crippen molar-refractivity contribution in [2.75, 3.05) is 20.0 Å². The van der Waals surface area contributed by atoms with Crippen molar-refractivity contribution in [1.82, 2.24) is 0 Å². The van der Waals surface area contributed by atoms with Gasteiger partial charge in [0, 0.05) is 6.61 Å². The van der Waals surface area contributed by atoms with Crippen molar-refractivity contribution in [3.8, 4) is 23.3 Å². The molecule has 2 unspecified atom stereocenters. The number of hydrogen-bond acceptors (Lipinski definition) is 5. The molecule has 5 heteroatoms. The molecule has 2 atom stereocenters. The highest BCUT2D eigenvalue weighted by atomic mass is 16.7. The largest absolute Gasteiger partial charge is 0.454 e. The Balaban J connectivity index is 1.87. The minimum atomic E-state index is -0.879. The molecule has 20 heavy (non-hydrogen) atoms. The predicted octanol–water partition coefficient (Wildman–Crippen LogP) is 1.85. The minimum absolute atomic E-state index is 0.211. The topological polar surface area (TPSA) is 57.2 Å². The van der Waals surface area contributed by atoms with Crippen molar-refractivity contribution in [3.05, 3.63) is 23.8 Å². The number of benzene rings is 1. The summed E-state index contributed by atoms with van der Waals surface area (Å²) in [4.78, 5) is 0. The number of aliphatic hydroxyl groups excluding tert-OH is 1. The van der Waals surface area contributed by atoms with Gasteiger partial charge in [-0.05, 0) is 31.5 Å². The summed E-state index contributed by atoms with van der Waals surface area (Å²) >= 11 is 0. The summed E-state index contributed by atoms with van der Waals surface area (Å²) in [6.07, 6.45) is -1.17. The first-order chi connectivity index (χ1) is 9.70.